The standard InChI is InChI=1S/C19H15NO3/c21-18(17-10-11-23-13-17)15-6-8-16(9-7-15)19(22)20-12-14-4-2-1-3-5-14/h1-11,13H,12H2,(H,20,22). The molecular formula is C19H15NO3. The van der Waals surface area contributed by atoms with Gasteiger partial charge in [-0.05, 0) is 23.8 Å². The second-order valence-electron chi connectivity index (χ2n) is 5.09. The van der Waals surface area contributed by atoms with Crippen molar-refractivity contribution in [3.8, 4) is 0 Å². The summed E-state index contributed by atoms with van der Waals surface area (Å²) >= 11 is 0. The summed E-state index contributed by atoms with van der Waals surface area (Å²) in [6, 6.07) is 17.9. The second-order valence-corrected chi connectivity index (χ2v) is 5.09. The maximum Gasteiger partial charge on any atom is 0.251 e. The van der Waals surface area contributed by atoms with Crippen LogP contribution in [0.15, 0.2) is 77.6 Å². The highest BCUT2D eigenvalue weighted by atomic mass is 16.3. The van der Waals surface area contributed by atoms with Crippen molar-refractivity contribution >= 4 is 11.7 Å². The molecule has 4 heteroatoms. The van der Waals surface area contributed by atoms with E-state index in [0.717, 1.165) is 5.56 Å². The van der Waals surface area contributed by atoms with Crippen LogP contribution < -0.4 is 5.32 Å². The van der Waals surface area contributed by atoms with Gasteiger partial charge >= 0.3 is 0 Å². The van der Waals surface area contributed by atoms with E-state index in [-0.39, 0.29) is 11.7 Å². The van der Waals surface area contributed by atoms with E-state index < -0.39 is 0 Å². The molecular weight excluding hydrogens is 290 g/mol. The normalized spacial score (nSPS) is 10.3. The Labute approximate surface area is 133 Å². The number of furan rings is 1. The fraction of sp³-hybridized carbons (Fsp3) is 0.0526. The highest BCUT2D eigenvalue weighted by Crippen LogP contribution is 2.12. The van der Waals surface area contributed by atoms with Crippen molar-refractivity contribution in [2.45, 2.75) is 6.54 Å². The first-order valence-corrected chi connectivity index (χ1v) is 7.23. The summed E-state index contributed by atoms with van der Waals surface area (Å²) in [4.78, 5) is 24.3. The van der Waals surface area contributed by atoms with Crippen molar-refractivity contribution in [1.82, 2.24) is 5.32 Å². The van der Waals surface area contributed by atoms with Gasteiger partial charge in [0.15, 0.2) is 5.78 Å². The van der Waals surface area contributed by atoms with Crippen molar-refractivity contribution in [2.24, 2.45) is 0 Å². The summed E-state index contributed by atoms with van der Waals surface area (Å²) in [7, 11) is 0. The molecule has 0 fully saturated rings. The van der Waals surface area contributed by atoms with Gasteiger partial charge < -0.3 is 9.73 Å². The van der Waals surface area contributed by atoms with Gasteiger partial charge in [-0.1, -0.05) is 42.5 Å². The Balaban J connectivity index is 1.65. The smallest absolute Gasteiger partial charge is 0.251 e. The zero-order valence-electron chi connectivity index (χ0n) is 12.4. The summed E-state index contributed by atoms with van der Waals surface area (Å²) in [5.41, 5.74) is 2.56. The Morgan fingerprint density at radius 2 is 1.52 bits per heavy atom. The van der Waals surface area contributed by atoms with Gasteiger partial charge in [-0.25, -0.2) is 0 Å². The number of hydrogen-bond donors (Lipinski definition) is 1. The monoisotopic (exact) mass is 305 g/mol. The van der Waals surface area contributed by atoms with Crippen LogP contribution in [-0.4, -0.2) is 11.7 Å². The van der Waals surface area contributed by atoms with E-state index in [1.54, 1.807) is 30.3 Å². The number of nitrogens with one attached hydrogen (secondary N) is 1. The molecule has 0 spiro atoms. The molecule has 0 aliphatic carbocycles. The summed E-state index contributed by atoms with van der Waals surface area (Å²) in [5.74, 6) is -0.300. The maximum absolute atomic E-state index is 12.1. The molecule has 3 rings (SSSR count). The molecule has 2 aromatic carbocycles. The molecule has 1 heterocycles. The molecule has 1 amide bonds. The molecule has 0 saturated carbocycles. The van der Waals surface area contributed by atoms with E-state index in [1.807, 2.05) is 30.3 Å². The molecule has 1 aromatic heterocycles. The largest absolute Gasteiger partial charge is 0.472 e. The Bertz CT molecular complexity index is 790. The van der Waals surface area contributed by atoms with E-state index in [9.17, 15) is 9.59 Å². The zero-order valence-corrected chi connectivity index (χ0v) is 12.4. The molecule has 0 radical (unpaired) electrons. The molecule has 114 valence electrons. The topological polar surface area (TPSA) is 59.3 Å². The summed E-state index contributed by atoms with van der Waals surface area (Å²) in [6.45, 7) is 0.468. The minimum Gasteiger partial charge on any atom is -0.472 e. The lowest BCUT2D eigenvalue weighted by atomic mass is 10.0. The van der Waals surface area contributed by atoms with Crippen LogP contribution in [-0.2, 0) is 6.54 Å². The van der Waals surface area contributed by atoms with Gasteiger partial charge in [0, 0.05) is 17.7 Å². The molecule has 0 aliphatic heterocycles. The SMILES string of the molecule is O=C(NCc1ccccc1)c1ccc(C(=O)c2ccoc2)cc1. The molecule has 0 bridgehead atoms. The van der Waals surface area contributed by atoms with Crippen LogP contribution >= 0.6 is 0 Å². The molecule has 0 aliphatic rings. The third kappa shape index (κ3) is 3.55. The van der Waals surface area contributed by atoms with Gasteiger partial charge in [-0.15, -0.1) is 0 Å². The van der Waals surface area contributed by atoms with Crippen LogP contribution in [0.2, 0.25) is 0 Å². The summed E-state index contributed by atoms with van der Waals surface area (Å²) in [6.07, 6.45) is 2.86. The predicted molar refractivity (Wildman–Crippen MR) is 86.2 cm³/mol. The average Bonchev–Trinajstić information content (AvgIpc) is 3.15. The molecule has 0 atom stereocenters. The third-order valence-corrected chi connectivity index (χ3v) is 3.49. The van der Waals surface area contributed by atoms with E-state index in [0.29, 0.717) is 23.2 Å². The number of benzene rings is 2. The van der Waals surface area contributed by atoms with Crippen LogP contribution in [0.25, 0.3) is 0 Å². The Hall–Kier alpha value is -3.14. The average molecular weight is 305 g/mol. The van der Waals surface area contributed by atoms with Gasteiger partial charge in [0.05, 0.1) is 11.8 Å². The number of rotatable bonds is 5. The first-order valence-electron chi connectivity index (χ1n) is 7.23. The lowest BCUT2D eigenvalue weighted by Gasteiger charge is -2.06. The predicted octanol–water partition coefficient (Wildman–Crippen LogP) is 3.44. The highest BCUT2D eigenvalue weighted by Gasteiger charge is 2.11. The van der Waals surface area contributed by atoms with Crippen LogP contribution in [0.1, 0.15) is 31.8 Å². The molecule has 23 heavy (non-hydrogen) atoms. The maximum atomic E-state index is 12.1. The van der Waals surface area contributed by atoms with E-state index in [4.69, 9.17) is 4.42 Å². The van der Waals surface area contributed by atoms with Crippen molar-refractivity contribution in [1.29, 1.82) is 0 Å². The quantitative estimate of drug-likeness (QED) is 0.735. The van der Waals surface area contributed by atoms with Gasteiger partial charge in [0.2, 0.25) is 0 Å². The molecule has 4 nitrogen and oxygen atoms in total. The van der Waals surface area contributed by atoms with Gasteiger partial charge in [-0.2, -0.15) is 0 Å². The Morgan fingerprint density at radius 1 is 0.826 bits per heavy atom. The molecule has 0 saturated heterocycles. The number of hydrogen-bond acceptors (Lipinski definition) is 3. The second kappa shape index (κ2) is 6.75. The fourth-order valence-corrected chi connectivity index (χ4v) is 2.21. The Morgan fingerprint density at radius 3 is 2.17 bits per heavy atom. The minimum atomic E-state index is -0.170. The van der Waals surface area contributed by atoms with Gasteiger partial charge in [-0.3, -0.25) is 9.59 Å². The van der Waals surface area contributed by atoms with Crippen LogP contribution in [0.4, 0.5) is 0 Å². The lowest BCUT2D eigenvalue weighted by molar-refractivity contribution is 0.0949. The summed E-state index contributed by atoms with van der Waals surface area (Å²) in [5, 5.41) is 2.85. The van der Waals surface area contributed by atoms with Crippen LogP contribution in [0.5, 0.6) is 0 Å². The van der Waals surface area contributed by atoms with Crippen LogP contribution in [0, 0.1) is 0 Å². The van der Waals surface area contributed by atoms with Crippen molar-refractivity contribution in [3.05, 3.63) is 95.4 Å². The zero-order chi connectivity index (χ0) is 16.1. The number of carbonyl (C=O) groups is 2. The highest BCUT2D eigenvalue weighted by molar-refractivity contribution is 6.09. The van der Waals surface area contributed by atoms with Crippen molar-refractivity contribution in [3.63, 3.8) is 0 Å². The minimum absolute atomic E-state index is 0.130. The third-order valence-electron chi connectivity index (χ3n) is 3.49. The van der Waals surface area contributed by atoms with Gasteiger partial charge in [0.1, 0.15) is 6.26 Å². The molecule has 0 unspecified atom stereocenters. The molecule has 3 aromatic rings. The number of ketones is 1. The summed E-state index contributed by atoms with van der Waals surface area (Å²) < 4.78 is 4.91. The first kappa shape index (κ1) is 14.8. The van der Waals surface area contributed by atoms with Crippen LogP contribution in [0.3, 0.4) is 0 Å². The first-order chi connectivity index (χ1) is 11.2. The number of amides is 1. The van der Waals surface area contributed by atoms with E-state index in [1.165, 1.54) is 12.5 Å². The van der Waals surface area contributed by atoms with Gasteiger partial charge in [0.25, 0.3) is 5.91 Å². The number of carbonyl (C=O) groups excluding carboxylic acids is 2. The lowest BCUT2D eigenvalue weighted by Crippen LogP contribution is -2.22. The van der Waals surface area contributed by atoms with E-state index >= 15 is 0 Å². The Kier molecular flexibility index (Phi) is 4.34. The van der Waals surface area contributed by atoms with E-state index in [2.05, 4.69) is 5.32 Å². The van der Waals surface area contributed by atoms with Crippen molar-refractivity contribution < 1.29 is 14.0 Å². The fourth-order valence-electron chi connectivity index (χ4n) is 2.21. The molecule has 1 N–H and O–H groups in total. The van der Waals surface area contributed by atoms with Crippen molar-refractivity contribution in [2.75, 3.05) is 0 Å².